The Morgan fingerprint density at radius 1 is 1.14 bits per heavy atom. The first kappa shape index (κ1) is 22.7. The van der Waals surface area contributed by atoms with E-state index >= 15 is 0 Å². The third-order valence-electron chi connectivity index (χ3n) is 4.25. The number of hydrogen-bond acceptors (Lipinski definition) is 4. The van der Waals surface area contributed by atoms with Crippen LogP contribution in [0.1, 0.15) is 24.5 Å². The number of nitrogens with one attached hydrogen (secondary N) is 2. The molecule has 0 saturated carbocycles. The van der Waals surface area contributed by atoms with Crippen molar-refractivity contribution in [2.45, 2.75) is 31.7 Å². The lowest BCUT2D eigenvalue weighted by Gasteiger charge is -2.20. The maximum absolute atomic E-state index is 13.7. The molecule has 1 atom stereocenters. The van der Waals surface area contributed by atoms with Crippen molar-refractivity contribution in [2.75, 3.05) is 19.8 Å². The highest BCUT2D eigenvalue weighted by atomic mass is 32.2. The van der Waals surface area contributed by atoms with E-state index in [-0.39, 0.29) is 18.4 Å². The van der Waals surface area contributed by atoms with Gasteiger partial charge in [0.15, 0.2) is 15.8 Å². The summed E-state index contributed by atoms with van der Waals surface area (Å²) in [7, 11) is -1.59. The lowest BCUT2D eigenvalue weighted by Crippen LogP contribution is -2.42. The molecule has 0 fully saturated rings. The van der Waals surface area contributed by atoms with Crippen molar-refractivity contribution in [3.63, 3.8) is 0 Å². The number of sulfone groups is 1. The largest absolute Gasteiger partial charge is 0.489 e. The Morgan fingerprint density at radius 2 is 1.86 bits per heavy atom. The number of rotatable bonds is 9. The summed E-state index contributed by atoms with van der Waals surface area (Å²) in [6, 6.07) is 13.7. The molecule has 29 heavy (non-hydrogen) atoms. The van der Waals surface area contributed by atoms with E-state index in [1.165, 1.54) is 18.2 Å². The number of nitrogens with zero attached hydrogens (tertiary/aromatic N) is 1. The second-order valence-electron chi connectivity index (χ2n) is 6.75. The molecule has 0 spiro atoms. The maximum Gasteiger partial charge on any atom is 0.191 e. The van der Waals surface area contributed by atoms with Gasteiger partial charge in [-0.3, -0.25) is 4.99 Å². The maximum atomic E-state index is 13.7. The predicted octanol–water partition coefficient (Wildman–Crippen LogP) is 2.89. The van der Waals surface area contributed by atoms with E-state index in [1.54, 1.807) is 7.05 Å². The molecule has 0 heterocycles. The third-order valence-corrected chi connectivity index (χ3v) is 5.09. The van der Waals surface area contributed by atoms with Crippen LogP contribution in [0.15, 0.2) is 53.5 Å². The number of hydrogen-bond donors (Lipinski definition) is 2. The first-order chi connectivity index (χ1) is 13.8. The molecular formula is C21H28FN3O3S. The predicted molar refractivity (Wildman–Crippen MR) is 114 cm³/mol. The first-order valence-electron chi connectivity index (χ1n) is 9.42. The Kier molecular flexibility index (Phi) is 8.45. The van der Waals surface area contributed by atoms with Crippen LogP contribution in [0.3, 0.4) is 0 Å². The molecule has 158 valence electrons. The van der Waals surface area contributed by atoms with Crippen LogP contribution in [-0.4, -0.2) is 40.3 Å². The van der Waals surface area contributed by atoms with Crippen LogP contribution < -0.4 is 15.4 Å². The van der Waals surface area contributed by atoms with Gasteiger partial charge < -0.3 is 15.4 Å². The SMILES string of the molecule is CCC(CNC(=NC)NCc1cc(F)ccc1CS(C)(=O)=O)Oc1ccccc1. The molecule has 6 nitrogen and oxygen atoms in total. The fourth-order valence-corrected chi connectivity index (χ4v) is 3.60. The highest BCUT2D eigenvalue weighted by Gasteiger charge is 2.12. The van der Waals surface area contributed by atoms with Crippen LogP contribution in [0.5, 0.6) is 5.75 Å². The second-order valence-corrected chi connectivity index (χ2v) is 8.89. The van der Waals surface area contributed by atoms with E-state index in [0.29, 0.717) is 23.6 Å². The molecule has 2 aromatic carbocycles. The van der Waals surface area contributed by atoms with Crippen molar-refractivity contribution < 1.29 is 17.5 Å². The molecule has 0 aliphatic rings. The average molecular weight is 422 g/mol. The molecule has 0 aliphatic heterocycles. The summed E-state index contributed by atoms with van der Waals surface area (Å²) in [4.78, 5) is 4.17. The highest BCUT2D eigenvalue weighted by molar-refractivity contribution is 7.89. The Labute approximate surface area is 172 Å². The highest BCUT2D eigenvalue weighted by Crippen LogP contribution is 2.15. The monoisotopic (exact) mass is 421 g/mol. The van der Waals surface area contributed by atoms with Gasteiger partial charge in [0, 0.05) is 19.8 Å². The molecule has 0 aromatic heterocycles. The Hall–Kier alpha value is -2.61. The molecule has 1 unspecified atom stereocenters. The van der Waals surface area contributed by atoms with Gasteiger partial charge in [0.1, 0.15) is 17.7 Å². The molecule has 0 radical (unpaired) electrons. The van der Waals surface area contributed by atoms with Gasteiger partial charge in [0.25, 0.3) is 0 Å². The summed E-state index contributed by atoms with van der Waals surface area (Å²) >= 11 is 0. The summed E-state index contributed by atoms with van der Waals surface area (Å²) in [6.45, 7) is 2.82. The molecule has 0 amide bonds. The second kappa shape index (κ2) is 10.8. The third kappa shape index (κ3) is 8.11. The van der Waals surface area contributed by atoms with Crippen LogP contribution in [-0.2, 0) is 22.1 Å². The molecule has 8 heteroatoms. The standard InChI is InChI=1S/C21H28FN3O3S/c1-4-19(28-20-8-6-5-7-9-20)14-25-21(23-2)24-13-17-12-18(22)11-10-16(17)15-29(3,26)27/h5-12,19H,4,13-15H2,1-3H3,(H2,23,24,25). The fourth-order valence-electron chi connectivity index (χ4n) is 2.75. The fraction of sp³-hybridized carbons (Fsp3) is 0.381. The van der Waals surface area contributed by atoms with E-state index in [0.717, 1.165) is 18.4 Å². The summed E-state index contributed by atoms with van der Waals surface area (Å²) in [6.07, 6.45) is 1.92. The minimum absolute atomic E-state index is 0.0501. The Balaban J connectivity index is 1.96. The minimum Gasteiger partial charge on any atom is -0.489 e. The van der Waals surface area contributed by atoms with Crippen LogP contribution >= 0.6 is 0 Å². The smallest absolute Gasteiger partial charge is 0.191 e. The number of halogens is 1. The van der Waals surface area contributed by atoms with E-state index in [2.05, 4.69) is 15.6 Å². The summed E-state index contributed by atoms with van der Waals surface area (Å²) < 4.78 is 42.9. The molecular weight excluding hydrogens is 393 g/mol. The Bertz CT molecular complexity index is 918. The van der Waals surface area contributed by atoms with Crippen LogP contribution in [0, 0.1) is 5.82 Å². The quantitative estimate of drug-likeness (QED) is 0.481. The number of ether oxygens (including phenoxy) is 1. The van der Waals surface area contributed by atoms with Crippen LogP contribution in [0.25, 0.3) is 0 Å². The lowest BCUT2D eigenvalue weighted by molar-refractivity contribution is 0.199. The van der Waals surface area contributed by atoms with Gasteiger partial charge in [-0.1, -0.05) is 31.2 Å². The lowest BCUT2D eigenvalue weighted by atomic mass is 10.1. The van der Waals surface area contributed by atoms with Crippen molar-refractivity contribution in [3.05, 3.63) is 65.5 Å². The molecule has 0 aliphatic carbocycles. The van der Waals surface area contributed by atoms with Crippen molar-refractivity contribution in [3.8, 4) is 5.75 Å². The van der Waals surface area contributed by atoms with E-state index in [1.807, 2.05) is 37.3 Å². The van der Waals surface area contributed by atoms with E-state index in [4.69, 9.17) is 4.74 Å². The van der Waals surface area contributed by atoms with E-state index in [9.17, 15) is 12.8 Å². The summed E-state index contributed by atoms with van der Waals surface area (Å²) in [5.41, 5.74) is 1.14. The van der Waals surface area contributed by atoms with Crippen LogP contribution in [0.4, 0.5) is 4.39 Å². The first-order valence-corrected chi connectivity index (χ1v) is 11.5. The van der Waals surface area contributed by atoms with Crippen molar-refractivity contribution >= 4 is 15.8 Å². The Morgan fingerprint density at radius 3 is 2.48 bits per heavy atom. The van der Waals surface area contributed by atoms with Gasteiger partial charge in [0.05, 0.1) is 12.3 Å². The van der Waals surface area contributed by atoms with Crippen molar-refractivity contribution in [1.82, 2.24) is 10.6 Å². The molecule has 2 rings (SSSR count). The van der Waals surface area contributed by atoms with Gasteiger partial charge in [0.2, 0.25) is 0 Å². The van der Waals surface area contributed by atoms with Gasteiger partial charge in [-0.2, -0.15) is 0 Å². The van der Waals surface area contributed by atoms with Gasteiger partial charge in [-0.15, -0.1) is 0 Å². The van der Waals surface area contributed by atoms with Gasteiger partial charge in [-0.25, -0.2) is 12.8 Å². The topological polar surface area (TPSA) is 79.8 Å². The van der Waals surface area contributed by atoms with Gasteiger partial charge >= 0.3 is 0 Å². The zero-order chi connectivity index (χ0) is 21.3. The summed E-state index contributed by atoms with van der Waals surface area (Å²) in [5.74, 6) is 0.771. The van der Waals surface area contributed by atoms with Gasteiger partial charge in [-0.05, 0) is 41.8 Å². The zero-order valence-electron chi connectivity index (χ0n) is 17.0. The molecule has 2 N–H and O–H groups in total. The normalized spacial score (nSPS) is 13.0. The number of aliphatic imine (C=N–C) groups is 1. The average Bonchev–Trinajstić information content (AvgIpc) is 2.68. The molecule has 0 bridgehead atoms. The molecule has 2 aromatic rings. The van der Waals surface area contributed by atoms with Crippen LogP contribution in [0.2, 0.25) is 0 Å². The molecule has 0 saturated heterocycles. The minimum atomic E-state index is -3.22. The number of guanidine groups is 1. The van der Waals surface area contributed by atoms with Crippen molar-refractivity contribution in [1.29, 1.82) is 0 Å². The van der Waals surface area contributed by atoms with Crippen molar-refractivity contribution in [2.24, 2.45) is 4.99 Å². The number of benzene rings is 2. The summed E-state index contributed by atoms with van der Waals surface area (Å²) in [5, 5.41) is 6.30. The number of para-hydroxylation sites is 1. The zero-order valence-corrected chi connectivity index (χ0v) is 17.8. The van der Waals surface area contributed by atoms with E-state index < -0.39 is 15.7 Å².